The molecule has 0 unspecified atom stereocenters. The molecular weight excluding hydrogens is 304 g/mol. The summed E-state index contributed by atoms with van der Waals surface area (Å²) in [4.78, 5) is 14.4. The number of carbonyl (C=O) groups is 1. The van der Waals surface area contributed by atoms with Crippen molar-refractivity contribution in [2.75, 3.05) is 25.5 Å². The molecule has 3 heterocycles. The summed E-state index contributed by atoms with van der Waals surface area (Å²) in [7, 11) is 1.75. The van der Waals surface area contributed by atoms with Gasteiger partial charge in [0.2, 0.25) is 0 Å². The number of hydrogen-bond donors (Lipinski definition) is 1. The number of methoxy groups -OCH3 is 1. The molecule has 2 aliphatic heterocycles. The predicted octanol–water partition coefficient (Wildman–Crippen LogP) is 2.57. The quantitative estimate of drug-likeness (QED) is 0.939. The summed E-state index contributed by atoms with van der Waals surface area (Å²) in [6, 6.07) is 9.76. The molecule has 2 saturated heterocycles. The van der Waals surface area contributed by atoms with E-state index in [2.05, 4.69) is 10.4 Å². The van der Waals surface area contributed by atoms with E-state index in [4.69, 9.17) is 4.74 Å². The van der Waals surface area contributed by atoms with Crippen molar-refractivity contribution in [2.45, 2.75) is 25.0 Å². The Hall–Kier alpha value is -2.34. The Bertz CT molecular complexity index is 722. The molecule has 1 aliphatic carbocycles. The maximum absolute atomic E-state index is 12.6. The minimum absolute atomic E-state index is 0.0444. The van der Waals surface area contributed by atoms with E-state index in [9.17, 15) is 4.79 Å². The smallest absolute Gasteiger partial charge is 0.321 e. The molecule has 1 aromatic carbocycles. The Morgan fingerprint density at radius 2 is 2.29 bits per heavy atom. The van der Waals surface area contributed by atoms with Crippen LogP contribution in [0.2, 0.25) is 0 Å². The second kappa shape index (κ2) is 5.94. The number of anilines is 1. The van der Waals surface area contributed by atoms with Gasteiger partial charge < -0.3 is 15.0 Å². The monoisotopic (exact) mass is 326 g/mol. The molecule has 2 aromatic rings. The summed E-state index contributed by atoms with van der Waals surface area (Å²) in [5.74, 6) is 0.579. The number of hydrogen-bond acceptors (Lipinski definition) is 3. The molecule has 0 radical (unpaired) electrons. The van der Waals surface area contributed by atoms with Crippen molar-refractivity contribution < 1.29 is 9.53 Å². The van der Waals surface area contributed by atoms with Gasteiger partial charge in [-0.15, -0.1) is 0 Å². The van der Waals surface area contributed by atoms with Crippen molar-refractivity contribution in [1.29, 1.82) is 0 Å². The Kier molecular flexibility index (Phi) is 3.76. The van der Waals surface area contributed by atoms with Gasteiger partial charge in [-0.05, 0) is 42.5 Å². The fourth-order valence-corrected chi connectivity index (χ4v) is 3.89. The molecule has 2 amide bonds. The van der Waals surface area contributed by atoms with Crippen molar-refractivity contribution >= 4 is 11.7 Å². The maximum Gasteiger partial charge on any atom is 0.321 e. The number of nitrogens with one attached hydrogen (secondary N) is 1. The number of ether oxygens (including phenoxy) is 1. The molecule has 5 rings (SSSR count). The third-order valence-corrected chi connectivity index (χ3v) is 5.08. The normalized spacial score (nSPS) is 25.2. The van der Waals surface area contributed by atoms with E-state index in [1.807, 2.05) is 46.1 Å². The first-order chi connectivity index (χ1) is 11.7. The summed E-state index contributed by atoms with van der Waals surface area (Å²) in [6.07, 6.45) is 5.84. The molecule has 6 nitrogen and oxygen atoms in total. The largest absolute Gasteiger partial charge is 0.376 e. The van der Waals surface area contributed by atoms with E-state index < -0.39 is 0 Å². The number of carbonyl (C=O) groups excluding carboxylic acids is 1. The van der Waals surface area contributed by atoms with Gasteiger partial charge in [0, 0.05) is 31.7 Å². The lowest BCUT2D eigenvalue weighted by Crippen LogP contribution is -2.63. The first-order valence-corrected chi connectivity index (χ1v) is 8.33. The maximum atomic E-state index is 12.6. The molecule has 1 aromatic heterocycles. The van der Waals surface area contributed by atoms with Gasteiger partial charge in [-0.1, -0.05) is 12.1 Å². The van der Waals surface area contributed by atoms with Gasteiger partial charge in [0.05, 0.1) is 18.7 Å². The van der Waals surface area contributed by atoms with Crippen LogP contribution in [-0.2, 0) is 11.3 Å². The molecule has 126 valence electrons. The van der Waals surface area contributed by atoms with Crippen LogP contribution >= 0.6 is 0 Å². The molecule has 24 heavy (non-hydrogen) atoms. The Morgan fingerprint density at radius 3 is 3.04 bits per heavy atom. The second-order valence-electron chi connectivity index (χ2n) is 6.88. The molecule has 0 spiro atoms. The predicted molar refractivity (Wildman–Crippen MR) is 90.8 cm³/mol. The standard InChI is InChI=1S/C18H22N4O2/c1-24-18-9-15(10-18)11-21(13-18)17(23)20-16-5-2-4-14(8-16)12-22-7-3-6-19-22/h2-8,15H,9-13H2,1H3,(H,20,23). The molecular formula is C18H22N4O2. The number of urea groups is 1. The fraction of sp³-hybridized carbons (Fsp3) is 0.444. The Morgan fingerprint density at radius 1 is 1.42 bits per heavy atom. The van der Waals surface area contributed by atoms with Crippen LogP contribution in [0, 0.1) is 5.92 Å². The number of amides is 2. The zero-order valence-electron chi connectivity index (χ0n) is 13.8. The van der Waals surface area contributed by atoms with E-state index in [1.54, 1.807) is 13.3 Å². The number of aromatic nitrogens is 2. The summed E-state index contributed by atoms with van der Waals surface area (Å²) < 4.78 is 7.48. The zero-order chi connectivity index (χ0) is 16.6. The molecule has 2 bridgehead atoms. The fourth-order valence-electron chi connectivity index (χ4n) is 3.89. The van der Waals surface area contributed by atoms with Crippen molar-refractivity contribution in [1.82, 2.24) is 14.7 Å². The number of piperidine rings is 2. The SMILES string of the molecule is COC12CC(CN(C(=O)Nc3cccc(Cn4cccn4)c3)C1)C2. The molecule has 3 fully saturated rings. The summed E-state index contributed by atoms with van der Waals surface area (Å²) in [6.45, 7) is 2.19. The van der Waals surface area contributed by atoms with Gasteiger partial charge in [-0.25, -0.2) is 4.79 Å². The highest BCUT2D eigenvalue weighted by molar-refractivity contribution is 5.89. The number of fused-ring (bicyclic) bond motifs is 2. The second-order valence-corrected chi connectivity index (χ2v) is 6.88. The van der Waals surface area contributed by atoms with E-state index in [1.165, 1.54) is 0 Å². The molecule has 1 N–H and O–H groups in total. The molecule has 6 heteroatoms. The number of benzene rings is 1. The van der Waals surface area contributed by atoms with E-state index in [0.29, 0.717) is 19.0 Å². The summed E-state index contributed by atoms with van der Waals surface area (Å²) in [5.41, 5.74) is 1.81. The lowest BCUT2D eigenvalue weighted by Gasteiger charge is -2.55. The zero-order valence-corrected chi connectivity index (χ0v) is 13.8. The van der Waals surface area contributed by atoms with Crippen LogP contribution in [0.15, 0.2) is 42.7 Å². The minimum Gasteiger partial charge on any atom is -0.376 e. The highest BCUT2D eigenvalue weighted by atomic mass is 16.5. The van der Waals surface area contributed by atoms with Crippen molar-refractivity contribution in [3.05, 3.63) is 48.3 Å². The first kappa shape index (κ1) is 15.2. The average molecular weight is 326 g/mol. The van der Waals surface area contributed by atoms with Gasteiger partial charge in [-0.3, -0.25) is 4.68 Å². The highest BCUT2D eigenvalue weighted by Crippen LogP contribution is 2.45. The van der Waals surface area contributed by atoms with Gasteiger partial charge in [0.25, 0.3) is 0 Å². The van der Waals surface area contributed by atoms with Crippen LogP contribution in [0.5, 0.6) is 0 Å². The number of rotatable bonds is 4. The van der Waals surface area contributed by atoms with Crippen molar-refractivity contribution in [3.8, 4) is 0 Å². The lowest BCUT2D eigenvalue weighted by atomic mass is 9.67. The van der Waals surface area contributed by atoms with Crippen LogP contribution < -0.4 is 5.32 Å². The molecule has 3 aliphatic rings. The summed E-state index contributed by atoms with van der Waals surface area (Å²) >= 11 is 0. The highest BCUT2D eigenvalue weighted by Gasteiger charge is 2.51. The third-order valence-electron chi connectivity index (χ3n) is 5.08. The van der Waals surface area contributed by atoms with Gasteiger partial charge in [0.1, 0.15) is 0 Å². The summed E-state index contributed by atoms with van der Waals surface area (Å²) in [5, 5.41) is 7.23. The van der Waals surface area contributed by atoms with Crippen LogP contribution in [0.3, 0.4) is 0 Å². The van der Waals surface area contributed by atoms with Crippen LogP contribution in [-0.4, -0.2) is 46.5 Å². The van der Waals surface area contributed by atoms with Crippen molar-refractivity contribution in [2.24, 2.45) is 5.92 Å². The lowest BCUT2D eigenvalue weighted by molar-refractivity contribution is -0.149. The molecule has 0 atom stereocenters. The minimum atomic E-state index is -0.109. The van der Waals surface area contributed by atoms with Crippen LogP contribution in [0.1, 0.15) is 18.4 Å². The Labute approximate surface area is 141 Å². The van der Waals surface area contributed by atoms with Gasteiger partial charge in [0.15, 0.2) is 0 Å². The van der Waals surface area contributed by atoms with E-state index >= 15 is 0 Å². The topological polar surface area (TPSA) is 59.4 Å². The Balaban J connectivity index is 1.41. The first-order valence-electron chi connectivity index (χ1n) is 8.33. The van der Waals surface area contributed by atoms with Gasteiger partial charge >= 0.3 is 6.03 Å². The van der Waals surface area contributed by atoms with Gasteiger partial charge in [-0.2, -0.15) is 5.10 Å². The third kappa shape index (κ3) is 2.89. The van der Waals surface area contributed by atoms with Crippen LogP contribution in [0.25, 0.3) is 0 Å². The number of nitrogens with zero attached hydrogens (tertiary/aromatic N) is 3. The van der Waals surface area contributed by atoms with E-state index in [-0.39, 0.29) is 11.6 Å². The average Bonchev–Trinajstić information content (AvgIpc) is 3.07. The van der Waals surface area contributed by atoms with Crippen molar-refractivity contribution in [3.63, 3.8) is 0 Å². The molecule has 1 saturated carbocycles. The van der Waals surface area contributed by atoms with E-state index in [0.717, 1.165) is 30.6 Å². The van der Waals surface area contributed by atoms with Crippen LogP contribution in [0.4, 0.5) is 10.5 Å².